The van der Waals surface area contributed by atoms with Gasteiger partial charge in [-0.3, -0.25) is 4.79 Å². The zero-order valence-corrected chi connectivity index (χ0v) is 14.0. The van der Waals surface area contributed by atoms with Crippen LogP contribution in [0, 0.1) is 0 Å². The maximum absolute atomic E-state index is 11.8. The van der Waals surface area contributed by atoms with Crippen LogP contribution in [0.4, 0.5) is 10.5 Å². The number of ether oxygens (including phenoxy) is 1. The Balaban J connectivity index is 2.04. The third-order valence-electron chi connectivity index (χ3n) is 3.65. The van der Waals surface area contributed by atoms with Crippen molar-refractivity contribution in [3.05, 3.63) is 29.3 Å². The van der Waals surface area contributed by atoms with Crippen molar-refractivity contribution >= 4 is 24.0 Å². The molecule has 130 valence electrons. The van der Waals surface area contributed by atoms with Gasteiger partial charge in [0.25, 0.3) is 0 Å². The van der Waals surface area contributed by atoms with Crippen molar-refractivity contribution in [2.75, 3.05) is 18.0 Å². The summed E-state index contributed by atoms with van der Waals surface area (Å²) in [7, 11) is 0. The first-order valence-corrected chi connectivity index (χ1v) is 7.76. The van der Waals surface area contributed by atoms with Crippen LogP contribution in [0.5, 0.6) is 0 Å². The second kappa shape index (κ2) is 6.90. The molecule has 1 aliphatic rings. The third kappa shape index (κ3) is 4.47. The summed E-state index contributed by atoms with van der Waals surface area (Å²) in [6.45, 7) is 6.59. The quantitative estimate of drug-likeness (QED) is 0.820. The van der Waals surface area contributed by atoms with Crippen molar-refractivity contribution in [3.8, 4) is 0 Å². The summed E-state index contributed by atoms with van der Waals surface area (Å²) < 4.78 is 5.24. The first kappa shape index (κ1) is 17.8. The molecule has 0 spiro atoms. The number of hydrogen-bond acceptors (Lipinski definition) is 5. The van der Waals surface area contributed by atoms with Crippen molar-refractivity contribution in [2.24, 2.45) is 0 Å². The predicted octanol–water partition coefficient (Wildman–Crippen LogP) is 2.30. The van der Waals surface area contributed by atoms with Gasteiger partial charge in [-0.05, 0) is 45.4 Å². The maximum Gasteiger partial charge on any atom is 0.407 e. The highest BCUT2D eigenvalue weighted by Crippen LogP contribution is 2.25. The van der Waals surface area contributed by atoms with Gasteiger partial charge in [0.05, 0.1) is 11.6 Å². The largest absolute Gasteiger partial charge is 0.478 e. The van der Waals surface area contributed by atoms with Gasteiger partial charge in [-0.25, -0.2) is 9.59 Å². The molecule has 0 saturated carbocycles. The highest BCUT2D eigenvalue weighted by molar-refractivity contribution is 5.93. The van der Waals surface area contributed by atoms with E-state index in [0.29, 0.717) is 30.6 Å². The summed E-state index contributed by atoms with van der Waals surface area (Å²) in [5.41, 5.74) is 0.513. The molecule has 0 unspecified atom stereocenters. The van der Waals surface area contributed by atoms with Gasteiger partial charge in [-0.15, -0.1) is 0 Å². The van der Waals surface area contributed by atoms with Crippen LogP contribution in [0.15, 0.2) is 18.2 Å². The molecule has 7 nitrogen and oxygen atoms in total. The molecule has 2 rings (SSSR count). The molecule has 0 bridgehead atoms. The molecule has 24 heavy (non-hydrogen) atoms. The molecular weight excluding hydrogens is 312 g/mol. The number of anilines is 1. The van der Waals surface area contributed by atoms with Gasteiger partial charge < -0.3 is 20.1 Å². The lowest BCUT2D eigenvalue weighted by molar-refractivity contribution is 0.0508. The number of nitrogens with one attached hydrogen (secondary N) is 1. The Morgan fingerprint density at radius 1 is 1.38 bits per heavy atom. The molecule has 0 radical (unpaired) electrons. The molecule has 1 amide bonds. The summed E-state index contributed by atoms with van der Waals surface area (Å²) >= 11 is 0. The van der Waals surface area contributed by atoms with E-state index in [1.165, 1.54) is 12.1 Å². The third-order valence-corrected chi connectivity index (χ3v) is 3.65. The molecule has 1 saturated heterocycles. The fourth-order valence-electron chi connectivity index (χ4n) is 2.64. The average Bonchev–Trinajstić information content (AvgIpc) is 2.92. The molecule has 0 aliphatic carbocycles. The molecule has 1 atom stereocenters. The van der Waals surface area contributed by atoms with Gasteiger partial charge in [0.15, 0.2) is 6.29 Å². The van der Waals surface area contributed by atoms with Crippen LogP contribution in [0.25, 0.3) is 0 Å². The number of aldehydes is 1. The molecule has 7 heteroatoms. The van der Waals surface area contributed by atoms with E-state index in [2.05, 4.69) is 5.32 Å². The molecule has 0 aromatic heterocycles. The van der Waals surface area contributed by atoms with E-state index in [1.807, 2.05) is 4.90 Å². The highest BCUT2D eigenvalue weighted by atomic mass is 16.6. The number of amides is 1. The number of carbonyl (C=O) groups excluding carboxylic acids is 2. The van der Waals surface area contributed by atoms with E-state index in [-0.39, 0.29) is 11.6 Å². The summed E-state index contributed by atoms with van der Waals surface area (Å²) in [5.74, 6) is -1.07. The lowest BCUT2D eigenvalue weighted by Crippen LogP contribution is -2.40. The van der Waals surface area contributed by atoms with E-state index in [4.69, 9.17) is 9.84 Å². The predicted molar refractivity (Wildman–Crippen MR) is 88.8 cm³/mol. The molecule has 1 heterocycles. The van der Waals surface area contributed by atoms with Crippen LogP contribution in [0.3, 0.4) is 0 Å². The van der Waals surface area contributed by atoms with E-state index in [9.17, 15) is 14.4 Å². The SMILES string of the molecule is CC(C)(C)OC(=O)N[C@H]1CCN(c2ccc(C(=O)O)cc2C=O)C1. The number of hydrogen-bond donors (Lipinski definition) is 2. The summed E-state index contributed by atoms with van der Waals surface area (Å²) in [6, 6.07) is 4.38. The van der Waals surface area contributed by atoms with Crippen LogP contribution in [0.2, 0.25) is 0 Å². The first-order chi connectivity index (χ1) is 11.2. The van der Waals surface area contributed by atoms with Crippen molar-refractivity contribution in [1.82, 2.24) is 5.32 Å². The number of nitrogens with zero attached hydrogens (tertiary/aromatic N) is 1. The minimum atomic E-state index is -1.07. The van der Waals surface area contributed by atoms with Crippen molar-refractivity contribution in [3.63, 3.8) is 0 Å². The second-order valence-corrected chi connectivity index (χ2v) is 6.77. The summed E-state index contributed by atoms with van der Waals surface area (Å²) in [4.78, 5) is 36.0. The number of carbonyl (C=O) groups is 3. The Morgan fingerprint density at radius 2 is 2.08 bits per heavy atom. The van der Waals surface area contributed by atoms with Crippen molar-refractivity contribution < 1.29 is 24.2 Å². The maximum atomic E-state index is 11.8. The molecule has 1 aliphatic heterocycles. The van der Waals surface area contributed by atoms with E-state index < -0.39 is 17.7 Å². The summed E-state index contributed by atoms with van der Waals surface area (Å²) in [6.07, 6.45) is 0.903. The molecule has 2 N–H and O–H groups in total. The van der Waals surface area contributed by atoms with E-state index >= 15 is 0 Å². The molecule has 1 aromatic carbocycles. The number of rotatable bonds is 4. The van der Waals surface area contributed by atoms with Gasteiger partial charge >= 0.3 is 12.1 Å². The average molecular weight is 334 g/mol. The van der Waals surface area contributed by atoms with Crippen LogP contribution < -0.4 is 10.2 Å². The second-order valence-electron chi connectivity index (χ2n) is 6.77. The normalized spacial score (nSPS) is 17.5. The Labute approximate surface area is 140 Å². The number of carboxylic acids is 1. The van der Waals surface area contributed by atoms with Crippen LogP contribution in [-0.4, -0.2) is 48.2 Å². The standard InChI is InChI=1S/C17H22N2O5/c1-17(2,3)24-16(23)18-13-6-7-19(9-13)14-5-4-11(15(21)22)8-12(14)10-20/h4-5,8,10,13H,6-7,9H2,1-3H3,(H,18,23)(H,21,22)/t13-/m0/s1. The van der Waals surface area contributed by atoms with E-state index in [1.54, 1.807) is 26.8 Å². The van der Waals surface area contributed by atoms with Crippen LogP contribution in [-0.2, 0) is 4.74 Å². The highest BCUT2D eigenvalue weighted by Gasteiger charge is 2.27. The van der Waals surface area contributed by atoms with Crippen LogP contribution >= 0.6 is 0 Å². The van der Waals surface area contributed by atoms with Gasteiger partial charge in [0.2, 0.25) is 0 Å². The van der Waals surface area contributed by atoms with Gasteiger partial charge in [0.1, 0.15) is 5.60 Å². The zero-order valence-electron chi connectivity index (χ0n) is 14.0. The van der Waals surface area contributed by atoms with Gasteiger partial charge in [-0.2, -0.15) is 0 Å². The van der Waals surface area contributed by atoms with Gasteiger partial charge in [0, 0.05) is 24.3 Å². The Morgan fingerprint density at radius 3 is 2.67 bits per heavy atom. The fraction of sp³-hybridized carbons (Fsp3) is 0.471. The van der Waals surface area contributed by atoms with E-state index in [0.717, 1.165) is 6.42 Å². The fourth-order valence-corrected chi connectivity index (χ4v) is 2.64. The Kier molecular flexibility index (Phi) is 5.11. The lowest BCUT2D eigenvalue weighted by Gasteiger charge is -2.23. The minimum Gasteiger partial charge on any atom is -0.478 e. The zero-order chi connectivity index (χ0) is 17.9. The monoisotopic (exact) mass is 334 g/mol. The lowest BCUT2D eigenvalue weighted by atomic mass is 10.1. The first-order valence-electron chi connectivity index (χ1n) is 7.76. The summed E-state index contributed by atoms with van der Waals surface area (Å²) in [5, 5.41) is 11.8. The minimum absolute atomic E-state index is 0.0727. The molecule has 1 fully saturated rings. The number of alkyl carbamates (subject to hydrolysis) is 1. The topological polar surface area (TPSA) is 95.9 Å². The molecular formula is C17H22N2O5. The van der Waals surface area contributed by atoms with Crippen molar-refractivity contribution in [2.45, 2.75) is 38.8 Å². The Hall–Kier alpha value is -2.57. The van der Waals surface area contributed by atoms with Crippen LogP contribution in [0.1, 0.15) is 47.9 Å². The number of carboxylic acid groups (broad SMARTS) is 1. The number of aromatic carboxylic acids is 1. The van der Waals surface area contributed by atoms with Gasteiger partial charge in [-0.1, -0.05) is 0 Å². The number of benzene rings is 1. The Bertz CT molecular complexity index is 651. The van der Waals surface area contributed by atoms with Crippen molar-refractivity contribution in [1.29, 1.82) is 0 Å². The molecule has 1 aromatic rings. The smallest absolute Gasteiger partial charge is 0.407 e.